The highest BCUT2D eigenvalue weighted by Crippen LogP contribution is 2.25. The van der Waals surface area contributed by atoms with Crippen LogP contribution in [-0.4, -0.2) is 21.7 Å². The van der Waals surface area contributed by atoms with Gasteiger partial charge >= 0.3 is 0 Å². The van der Waals surface area contributed by atoms with Crippen LogP contribution < -0.4 is 16.4 Å². The van der Waals surface area contributed by atoms with Crippen molar-refractivity contribution in [1.82, 2.24) is 0 Å². The molecule has 0 saturated heterocycles. The third kappa shape index (κ3) is 4.00. The lowest BCUT2D eigenvalue weighted by Gasteiger charge is -2.09. The number of hydrogen-bond donors (Lipinski definition) is 6. The molecule has 0 spiro atoms. The van der Waals surface area contributed by atoms with Gasteiger partial charge in [-0.15, -0.1) is 6.58 Å². The van der Waals surface area contributed by atoms with Gasteiger partial charge in [-0.25, -0.2) is 0 Å². The first-order valence-electron chi connectivity index (χ1n) is 6.84. The molecule has 2 aromatic rings. The number of nitrogens with one attached hydrogen (secondary N) is 3. The van der Waals surface area contributed by atoms with Crippen molar-refractivity contribution in [3.05, 3.63) is 60.2 Å². The topological polar surface area (TPSA) is 109 Å². The van der Waals surface area contributed by atoms with E-state index in [0.29, 0.717) is 29.0 Å². The van der Waals surface area contributed by atoms with Crippen LogP contribution in [0.1, 0.15) is 11.1 Å². The van der Waals surface area contributed by atoms with Gasteiger partial charge in [0.1, 0.15) is 5.75 Å². The maximum atomic E-state index is 10.1. The maximum absolute atomic E-state index is 10.1. The number of allylic oxidation sites excluding steroid dienone is 1. The van der Waals surface area contributed by atoms with Gasteiger partial charge in [-0.3, -0.25) is 26.8 Å². The number of rotatable bonds is 7. The molecule has 0 saturated carbocycles. The average molecular weight is 314 g/mol. The van der Waals surface area contributed by atoms with Crippen molar-refractivity contribution in [2.24, 2.45) is 5.10 Å². The van der Waals surface area contributed by atoms with Crippen LogP contribution in [0, 0.1) is 0 Å². The summed E-state index contributed by atoms with van der Waals surface area (Å²) in [5.41, 5.74) is 9.28. The first kappa shape index (κ1) is 16.3. The van der Waals surface area contributed by atoms with E-state index in [1.165, 1.54) is 12.3 Å². The van der Waals surface area contributed by atoms with Crippen molar-refractivity contribution in [2.75, 3.05) is 16.4 Å². The summed E-state index contributed by atoms with van der Waals surface area (Å²) in [5, 5.41) is 32.1. The zero-order valence-electron chi connectivity index (χ0n) is 12.3. The Morgan fingerprint density at radius 3 is 2.61 bits per heavy atom. The fourth-order valence-electron chi connectivity index (χ4n) is 2.01. The fraction of sp³-hybridized carbons (Fsp3) is 0.0625. The molecule has 0 amide bonds. The van der Waals surface area contributed by atoms with E-state index in [1.807, 2.05) is 23.1 Å². The Morgan fingerprint density at radius 2 is 1.91 bits per heavy atom. The van der Waals surface area contributed by atoms with Crippen LogP contribution >= 0.6 is 0 Å². The van der Waals surface area contributed by atoms with Gasteiger partial charge in [0.2, 0.25) is 0 Å². The summed E-state index contributed by atoms with van der Waals surface area (Å²) in [6, 6.07) is 10.1. The minimum Gasteiger partial charge on any atom is -0.507 e. The van der Waals surface area contributed by atoms with Crippen LogP contribution in [0.3, 0.4) is 0 Å². The summed E-state index contributed by atoms with van der Waals surface area (Å²) in [6.07, 6.45) is 3.75. The van der Waals surface area contributed by atoms with E-state index in [0.717, 1.165) is 5.56 Å². The summed E-state index contributed by atoms with van der Waals surface area (Å²) in [7, 11) is 0. The maximum Gasteiger partial charge on any atom is 0.127 e. The molecule has 7 heteroatoms. The molecule has 6 N–H and O–H groups in total. The largest absolute Gasteiger partial charge is 0.507 e. The molecule has 0 aromatic heterocycles. The average Bonchev–Trinajstić information content (AvgIpc) is 2.58. The van der Waals surface area contributed by atoms with Crippen molar-refractivity contribution >= 4 is 23.3 Å². The predicted molar refractivity (Wildman–Crippen MR) is 90.5 cm³/mol. The molecule has 2 rings (SSSR count). The van der Waals surface area contributed by atoms with Crippen LogP contribution in [0.5, 0.6) is 5.75 Å². The lowest BCUT2D eigenvalue weighted by atomic mass is 10.1. The number of nitrogens with zero attached hydrogens (tertiary/aromatic N) is 1. The Morgan fingerprint density at radius 1 is 1.09 bits per heavy atom. The van der Waals surface area contributed by atoms with Gasteiger partial charge < -0.3 is 5.11 Å². The molecule has 0 atom stereocenters. The minimum atomic E-state index is 0.151. The SMILES string of the molecule is C=CCc1cccc(/C=N/Nc2ccc(NO)cc2NO)c1O. The third-order valence-electron chi connectivity index (χ3n) is 3.17. The van der Waals surface area contributed by atoms with E-state index in [1.54, 1.807) is 24.3 Å². The Bertz CT molecular complexity index is 716. The molecule has 0 aliphatic rings. The number of benzene rings is 2. The Kier molecular flexibility index (Phi) is 5.56. The highest BCUT2D eigenvalue weighted by Gasteiger charge is 2.05. The van der Waals surface area contributed by atoms with Crippen LogP contribution in [0.4, 0.5) is 17.1 Å². The predicted octanol–water partition coefficient (Wildman–Crippen LogP) is 3.17. The second-order valence-corrected chi connectivity index (χ2v) is 4.70. The summed E-state index contributed by atoms with van der Waals surface area (Å²) in [5.74, 6) is 0.151. The molecule has 0 bridgehead atoms. The van der Waals surface area contributed by atoms with Crippen molar-refractivity contribution in [3.8, 4) is 5.75 Å². The number of hydrogen-bond acceptors (Lipinski definition) is 7. The van der Waals surface area contributed by atoms with Crippen LogP contribution in [0.25, 0.3) is 0 Å². The summed E-state index contributed by atoms with van der Waals surface area (Å²) >= 11 is 0. The highest BCUT2D eigenvalue weighted by atomic mass is 16.5. The van der Waals surface area contributed by atoms with Crippen LogP contribution in [-0.2, 0) is 6.42 Å². The van der Waals surface area contributed by atoms with Crippen molar-refractivity contribution in [2.45, 2.75) is 6.42 Å². The normalized spacial score (nSPS) is 10.5. The van der Waals surface area contributed by atoms with Crippen molar-refractivity contribution in [3.63, 3.8) is 0 Å². The van der Waals surface area contributed by atoms with Crippen molar-refractivity contribution < 1.29 is 15.5 Å². The summed E-state index contributed by atoms with van der Waals surface area (Å²) in [4.78, 5) is 0. The number of hydrazone groups is 1. The smallest absolute Gasteiger partial charge is 0.127 e. The number of aromatic hydroxyl groups is 1. The number of phenolic OH excluding ortho intramolecular Hbond substituents is 1. The van der Waals surface area contributed by atoms with E-state index in [9.17, 15) is 5.11 Å². The number of anilines is 3. The first-order chi connectivity index (χ1) is 11.2. The molecule has 120 valence electrons. The molecule has 0 fully saturated rings. The lowest BCUT2D eigenvalue weighted by molar-refractivity contribution is 0.386. The molecular weight excluding hydrogens is 296 g/mol. The molecule has 2 aromatic carbocycles. The summed E-state index contributed by atoms with van der Waals surface area (Å²) < 4.78 is 0. The molecular formula is C16H18N4O3. The zero-order valence-corrected chi connectivity index (χ0v) is 12.3. The molecule has 23 heavy (non-hydrogen) atoms. The van der Waals surface area contributed by atoms with E-state index < -0.39 is 0 Å². The molecule has 0 heterocycles. The Labute approximate surface area is 133 Å². The van der Waals surface area contributed by atoms with E-state index in [-0.39, 0.29) is 5.75 Å². The second kappa shape index (κ2) is 7.83. The third-order valence-corrected chi connectivity index (χ3v) is 3.17. The van der Waals surface area contributed by atoms with Gasteiger partial charge in [-0.05, 0) is 36.2 Å². The van der Waals surface area contributed by atoms with Gasteiger partial charge in [0.05, 0.1) is 23.3 Å². The minimum absolute atomic E-state index is 0.151. The Hall–Kier alpha value is -3.03. The fourth-order valence-corrected chi connectivity index (χ4v) is 2.01. The molecule has 0 aliphatic heterocycles. The van der Waals surface area contributed by atoms with Crippen LogP contribution in [0.2, 0.25) is 0 Å². The zero-order chi connectivity index (χ0) is 16.7. The lowest BCUT2D eigenvalue weighted by Crippen LogP contribution is -1.99. The van der Waals surface area contributed by atoms with Gasteiger partial charge in [0, 0.05) is 5.56 Å². The van der Waals surface area contributed by atoms with Crippen molar-refractivity contribution in [1.29, 1.82) is 0 Å². The molecule has 0 aliphatic carbocycles. The highest BCUT2D eigenvalue weighted by molar-refractivity contribution is 5.85. The molecule has 7 nitrogen and oxygen atoms in total. The van der Waals surface area contributed by atoms with E-state index in [4.69, 9.17) is 10.4 Å². The molecule has 0 radical (unpaired) electrons. The van der Waals surface area contributed by atoms with E-state index >= 15 is 0 Å². The first-order valence-corrected chi connectivity index (χ1v) is 6.84. The quantitative estimate of drug-likeness (QED) is 0.266. The van der Waals surface area contributed by atoms with Gasteiger partial charge in [0.15, 0.2) is 0 Å². The molecule has 0 unspecified atom stereocenters. The van der Waals surface area contributed by atoms with Gasteiger partial charge in [-0.1, -0.05) is 18.2 Å². The van der Waals surface area contributed by atoms with Crippen LogP contribution in [0.15, 0.2) is 54.2 Å². The standard InChI is InChI=1S/C16H18N4O3/c1-2-4-11-5-3-6-12(16(11)21)10-17-18-14-8-7-13(19-22)9-15(14)20-23/h2-3,5-10,18-23H,1,4H2/b17-10+. The van der Waals surface area contributed by atoms with Gasteiger partial charge in [0.25, 0.3) is 0 Å². The monoisotopic (exact) mass is 314 g/mol. The number of phenols is 1. The van der Waals surface area contributed by atoms with E-state index in [2.05, 4.69) is 17.1 Å². The summed E-state index contributed by atoms with van der Waals surface area (Å²) in [6.45, 7) is 3.65. The van der Waals surface area contributed by atoms with Gasteiger partial charge in [-0.2, -0.15) is 5.10 Å². The Balaban J connectivity index is 2.16. The second-order valence-electron chi connectivity index (χ2n) is 4.70. The number of para-hydroxylation sites is 1.